The zero-order valence-electron chi connectivity index (χ0n) is 11.0. The molecule has 0 aliphatic rings. The molecule has 0 saturated carbocycles. The Labute approximate surface area is 129 Å². The Bertz CT molecular complexity index is 813. The van der Waals surface area contributed by atoms with Crippen LogP contribution in [0, 0.1) is 5.82 Å². The predicted octanol–water partition coefficient (Wildman–Crippen LogP) is 4.25. The van der Waals surface area contributed by atoms with Crippen LogP contribution in [-0.2, 0) is 11.2 Å². The van der Waals surface area contributed by atoms with Gasteiger partial charge in [0.1, 0.15) is 5.82 Å². The van der Waals surface area contributed by atoms with Crippen molar-refractivity contribution in [1.82, 2.24) is 4.98 Å². The molecule has 0 fully saturated rings. The standard InChI is InChI=1S/C16H12BrFN2O/c17-13-6-5-11(8-14(13)18)20-16(21)7-10-9-19-15-4-2-1-3-12(10)15/h1-6,8-9,19H,7H2,(H,20,21). The van der Waals surface area contributed by atoms with Gasteiger partial charge in [-0.15, -0.1) is 0 Å². The van der Waals surface area contributed by atoms with Crippen LogP contribution in [0.5, 0.6) is 0 Å². The summed E-state index contributed by atoms with van der Waals surface area (Å²) in [5, 5.41) is 3.72. The molecule has 2 aromatic carbocycles. The number of aromatic nitrogens is 1. The van der Waals surface area contributed by atoms with Gasteiger partial charge in [0.2, 0.25) is 5.91 Å². The van der Waals surface area contributed by atoms with Crippen LogP contribution < -0.4 is 5.32 Å². The van der Waals surface area contributed by atoms with E-state index in [1.165, 1.54) is 6.07 Å². The van der Waals surface area contributed by atoms with Crippen molar-refractivity contribution in [1.29, 1.82) is 0 Å². The maximum atomic E-state index is 13.4. The molecule has 0 bridgehead atoms. The lowest BCUT2D eigenvalue weighted by atomic mass is 10.1. The lowest BCUT2D eigenvalue weighted by molar-refractivity contribution is -0.115. The minimum atomic E-state index is -0.403. The van der Waals surface area contributed by atoms with Crippen molar-refractivity contribution in [2.45, 2.75) is 6.42 Å². The normalized spacial score (nSPS) is 10.8. The molecule has 0 spiro atoms. The molecule has 0 aliphatic heterocycles. The number of carbonyl (C=O) groups is 1. The van der Waals surface area contributed by atoms with Gasteiger partial charge in [0.05, 0.1) is 10.9 Å². The summed E-state index contributed by atoms with van der Waals surface area (Å²) >= 11 is 3.08. The molecule has 106 valence electrons. The molecule has 21 heavy (non-hydrogen) atoms. The highest BCUT2D eigenvalue weighted by atomic mass is 79.9. The van der Waals surface area contributed by atoms with E-state index in [2.05, 4.69) is 26.2 Å². The first-order chi connectivity index (χ1) is 10.1. The molecule has 2 N–H and O–H groups in total. The third-order valence-corrected chi connectivity index (χ3v) is 3.87. The Morgan fingerprint density at radius 2 is 2.05 bits per heavy atom. The molecule has 0 unspecified atom stereocenters. The zero-order chi connectivity index (χ0) is 14.8. The van der Waals surface area contributed by atoms with Crippen LogP contribution in [0.1, 0.15) is 5.56 Å². The van der Waals surface area contributed by atoms with Crippen LogP contribution >= 0.6 is 15.9 Å². The molecular formula is C16H12BrFN2O. The molecule has 3 rings (SSSR count). The Morgan fingerprint density at radius 3 is 2.86 bits per heavy atom. The minimum Gasteiger partial charge on any atom is -0.361 e. The third kappa shape index (κ3) is 2.97. The maximum absolute atomic E-state index is 13.4. The highest BCUT2D eigenvalue weighted by molar-refractivity contribution is 9.10. The van der Waals surface area contributed by atoms with Crippen molar-refractivity contribution in [3.8, 4) is 0 Å². The zero-order valence-corrected chi connectivity index (χ0v) is 12.6. The first-order valence-corrected chi connectivity index (χ1v) is 7.22. The number of hydrogen-bond acceptors (Lipinski definition) is 1. The molecule has 0 radical (unpaired) electrons. The van der Waals surface area contributed by atoms with E-state index >= 15 is 0 Å². The number of fused-ring (bicyclic) bond motifs is 1. The van der Waals surface area contributed by atoms with Gasteiger partial charge in [0, 0.05) is 22.8 Å². The quantitative estimate of drug-likeness (QED) is 0.731. The Balaban J connectivity index is 1.75. The van der Waals surface area contributed by atoms with Crippen LogP contribution in [0.15, 0.2) is 53.1 Å². The largest absolute Gasteiger partial charge is 0.361 e. The molecule has 3 aromatic rings. The van der Waals surface area contributed by atoms with Gasteiger partial charge in [-0.05, 0) is 45.8 Å². The Hall–Kier alpha value is -2.14. The molecule has 0 aliphatic carbocycles. The van der Waals surface area contributed by atoms with Gasteiger partial charge in [0.15, 0.2) is 0 Å². The Morgan fingerprint density at radius 1 is 1.24 bits per heavy atom. The van der Waals surface area contributed by atoms with Gasteiger partial charge in [-0.25, -0.2) is 4.39 Å². The number of H-pyrrole nitrogens is 1. The number of aromatic amines is 1. The number of benzene rings is 2. The first kappa shape index (κ1) is 13.8. The summed E-state index contributed by atoms with van der Waals surface area (Å²) in [6.07, 6.45) is 2.06. The summed E-state index contributed by atoms with van der Waals surface area (Å²) in [7, 11) is 0. The van der Waals surface area contributed by atoms with Crippen molar-refractivity contribution in [3.63, 3.8) is 0 Å². The van der Waals surface area contributed by atoms with E-state index in [-0.39, 0.29) is 12.3 Å². The monoisotopic (exact) mass is 346 g/mol. The number of hydrogen-bond donors (Lipinski definition) is 2. The summed E-state index contributed by atoms with van der Waals surface area (Å²) < 4.78 is 13.8. The molecule has 3 nitrogen and oxygen atoms in total. The molecule has 5 heteroatoms. The predicted molar refractivity (Wildman–Crippen MR) is 84.7 cm³/mol. The van der Waals surface area contributed by atoms with E-state index in [1.807, 2.05) is 30.5 Å². The lowest BCUT2D eigenvalue weighted by Crippen LogP contribution is -2.14. The number of nitrogens with one attached hydrogen (secondary N) is 2. The number of amides is 1. The van der Waals surface area contributed by atoms with Gasteiger partial charge in [0.25, 0.3) is 0 Å². The average molecular weight is 347 g/mol. The fourth-order valence-electron chi connectivity index (χ4n) is 2.23. The highest BCUT2D eigenvalue weighted by Crippen LogP contribution is 2.21. The fraction of sp³-hybridized carbons (Fsp3) is 0.0625. The first-order valence-electron chi connectivity index (χ1n) is 6.43. The average Bonchev–Trinajstić information content (AvgIpc) is 2.86. The smallest absolute Gasteiger partial charge is 0.228 e. The summed E-state index contributed by atoms with van der Waals surface area (Å²) in [6, 6.07) is 12.3. The van der Waals surface area contributed by atoms with Crippen molar-refractivity contribution >= 4 is 38.4 Å². The van der Waals surface area contributed by atoms with Crippen molar-refractivity contribution in [2.75, 3.05) is 5.32 Å². The van der Waals surface area contributed by atoms with Gasteiger partial charge in [-0.2, -0.15) is 0 Å². The van der Waals surface area contributed by atoms with Gasteiger partial charge < -0.3 is 10.3 Å². The molecule has 1 aromatic heterocycles. The van der Waals surface area contributed by atoms with E-state index in [0.717, 1.165) is 16.5 Å². The van der Waals surface area contributed by atoms with Crippen LogP contribution in [0.2, 0.25) is 0 Å². The van der Waals surface area contributed by atoms with Crippen LogP contribution in [0.3, 0.4) is 0 Å². The van der Waals surface area contributed by atoms with E-state index in [4.69, 9.17) is 0 Å². The fourth-order valence-corrected chi connectivity index (χ4v) is 2.48. The number of carbonyl (C=O) groups excluding carboxylic acids is 1. The summed E-state index contributed by atoms with van der Waals surface area (Å²) in [6.45, 7) is 0. The summed E-state index contributed by atoms with van der Waals surface area (Å²) in [4.78, 5) is 15.2. The minimum absolute atomic E-state index is 0.179. The van der Waals surface area contributed by atoms with E-state index in [0.29, 0.717) is 10.2 Å². The molecule has 1 heterocycles. The molecule has 0 atom stereocenters. The van der Waals surface area contributed by atoms with Crippen molar-refractivity contribution < 1.29 is 9.18 Å². The second-order valence-corrected chi connectivity index (χ2v) is 5.57. The maximum Gasteiger partial charge on any atom is 0.228 e. The van der Waals surface area contributed by atoms with E-state index in [9.17, 15) is 9.18 Å². The number of rotatable bonds is 3. The third-order valence-electron chi connectivity index (χ3n) is 3.23. The molecular weight excluding hydrogens is 335 g/mol. The molecule has 1 amide bonds. The lowest BCUT2D eigenvalue weighted by Gasteiger charge is -2.05. The van der Waals surface area contributed by atoms with Crippen molar-refractivity contribution in [3.05, 3.63) is 64.5 Å². The van der Waals surface area contributed by atoms with Gasteiger partial charge in [-0.1, -0.05) is 18.2 Å². The van der Waals surface area contributed by atoms with Crippen LogP contribution in [-0.4, -0.2) is 10.9 Å². The SMILES string of the molecule is O=C(Cc1c[nH]c2ccccc12)Nc1ccc(Br)c(F)c1. The van der Waals surface area contributed by atoms with Gasteiger partial charge in [-0.3, -0.25) is 4.79 Å². The second kappa shape index (κ2) is 5.69. The van der Waals surface area contributed by atoms with Gasteiger partial charge >= 0.3 is 0 Å². The number of anilines is 1. The molecule has 0 saturated heterocycles. The summed E-state index contributed by atoms with van der Waals surface area (Å²) in [5.41, 5.74) is 2.36. The van der Waals surface area contributed by atoms with E-state index in [1.54, 1.807) is 12.1 Å². The topological polar surface area (TPSA) is 44.9 Å². The van der Waals surface area contributed by atoms with Crippen LogP contribution in [0.25, 0.3) is 10.9 Å². The van der Waals surface area contributed by atoms with Crippen LogP contribution in [0.4, 0.5) is 10.1 Å². The number of para-hydroxylation sites is 1. The van der Waals surface area contributed by atoms with Crippen molar-refractivity contribution in [2.24, 2.45) is 0 Å². The summed E-state index contributed by atoms with van der Waals surface area (Å²) in [5.74, 6) is -0.582. The number of halogens is 2. The van der Waals surface area contributed by atoms with E-state index < -0.39 is 5.82 Å². The highest BCUT2D eigenvalue weighted by Gasteiger charge is 2.09. The second-order valence-electron chi connectivity index (χ2n) is 4.71. The Kier molecular flexibility index (Phi) is 3.75.